The van der Waals surface area contributed by atoms with Gasteiger partial charge in [-0.25, -0.2) is 22.8 Å². The molecule has 1 saturated heterocycles. The van der Waals surface area contributed by atoms with Gasteiger partial charge >= 0.3 is 0 Å². The summed E-state index contributed by atoms with van der Waals surface area (Å²) in [6.07, 6.45) is 1.24. The van der Waals surface area contributed by atoms with Crippen molar-refractivity contribution in [3.8, 4) is 0 Å². The van der Waals surface area contributed by atoms with Gasteiger partial charge in [0.05, 0.1) is 23.1 Å². The van der Waals surface area contributed by atoms with Gasteiger partial charge in [0.1, 0.15) is 27.3 Å². The van der Waals surface area contributed by atoms with Crippen LogP contribution in [-0.4, -0.2) is 29.9 Å². The molecule has 2 heterocycles. The predicted molar refractivity (Wildman–Crippen MR) is 122 cm³/mol. The van der Waals surface area contributed by atoms with Gasteiger partial charge in [-0.15, -0.1) is 0 Å². The molecule has 1 aliphatic rings. The lowest BCUT2D eigenvalue weighted by Gasteiger charge is -2.23. The number of nitrogen functional groups attached to an aromatic ring is 1. The first kappa shape index (κ1) is 21.5. The highest BCUT2D eigenvalue weighted by molar-refractivity contribution is 7.91. The fourth-order valence-electron chi connectivity index (χ4n) is 4.27. The summed E-state index contributed by atoms with van der Waals surface area (Å²) >= 11 is 0. The number of nitrogens with one attached hydrogen (secondary N) is 1. The maximum Gasteiger partial charge on any atom is 0.150 e. The Bertz CT molecular complexity index is 1250. The zero-order chi connectivity index (χ0) is 22.3. The summed E-state index contributed by atoms with van der Waals surface area (Å²) in [4.78, 5) is 9.11. The summed E-state index contributed by atoms with van der Waals surface area (Å²) in [7, 11) is -2.92. The monoisotopic (exact) mass is 442 g/mol. The molecule has 164 valence electrons. The maximum absolute atomic E-state index is 14.7. The fourth-order valence-corrected chi connectivity index (χ4v) is 5.76. The molecule has 1 aliphatic heterocycles. The first-order valence-electron chi connectivity index (χ1n) is 10.4. The average Bonchev–Trinajstić information content (AvgIpc) is 2.70. The number of halogens is 1. The van der Waals surface area contributed by atoms with E-state index in [9.17, 15) is 12.8 Å². The fraction of sp³-hybridized carbons (Fsp3) is 0.391. The summed E-state index contributed by atoms with van der Waals surface area (Å²) in [5.74, 6) is 1.58. The number of sulfone groups is 1. The molecule has 0 spiro atoms. The smallest absolute Gasteiger partial charge is 0.150 e. The Morgan fingerprint density at radius 3 is 2.55 bits per heavy atom. The van der Waals surface area contributed by atoms with Crippen molar-refractivity contribution in [2.75, 3.05) is 22.6 Å². The average molecular weight is 443 g/mol. The Kier molecular flexibility index (Phi) is 5.60. The number of aromatic nitrogens is 2. The molecule has 1 atom stereocenters. The van der Waals surface area contributed by atoms with Crippen LogP contribution in [0.15, 0.2) is 30.3 Å². The van der Waals surface area contributed by atoms with E-state index in [4.69, 9.17) is 5.73 Å². The van der Waals surface area contributed by atoms with E-state index in [1.165, 1.54) is 0 Å². The van der Waals surface area contributed by atoms with Gasteiger partial charge in [0.2, 0.25) is 0 Å². The van der Waals surface area contributed by atoms with Crippen LogP contribution in [0.5, 0.6) is 0 Å². The number of rotatable bonds is 4. The molecule has 3 aromatic rings. The highest BCUT2D eigenvalue weighted by Crippen LogP contribution is 2.34. The Labute approximate surface area is 182 Å². The third-order valence-corrected chi connectivity index (χ3v) is 7.70. The van der Waals surface area contributed by atoms with Crippen molar-refractivity contribution >= 4 is 32.2 Å². The summed E-state index contributed by atoms with van der Waals surface area (Å²) < 4.78 is 38.3. The second kappa shape index (κ2) is 8.07. The Balaban J connectivity index is 1.70. The lowest BCUT2D eigenvalue weighted by Crippen LogP contribution is -2.22. The normalized spacial score (nSPS) is 17.5. The molecule has 31 heavy (non-hydrogen) atoms. The van der Waals surface area contributed by atoms with Crippen molar-refractivity contribution in [2.45, 2.75) is 45.6 Å². The zero-order valence-corrected chi connectivity index (χ0v) is 18.8. The quantitative estimate of drug-likeness (QED) is 0.580. The number of fused-ring (bicyclic) bond motifs is 1. The van der Waals surface area contributed by atoms with E-state index >= 15 is 0 Å². The van der Waals surface area contributed by atoms with Gasteiger partial charge in [0, 0.05) is 16.6 Å². The van der Waals surface area contributed by atoms with E-state index in [-0.39, 0.29) is 29.3 Å². The van der Waals surface area contributed by atoms with Gasteiger partial charge in [0.15, 0.2) is 0 Å². The molecule has 6 nitrogen and oxygen atoms in total. The lowest BCUT2D eigenvalue weighted by atomic mass is 9.92. The van der Waals surface area contributed by atoms with Crippen molar-refractivity contribution in [3.05, 3.63) is 58.7 Å². The molecular weight excluding hydrogens is 415 g/mol. The third kappa shape index (κ3) is 4.49. The Hall–Kier alpha value is -2.74. The zero-order valence-electron chi connectivity index (χ0n) is 17.9. The van der Waals surface area contributed by atoms with E-state index < -0.39 is 9.84 Å². The highest BCUT2D eigenvalue weighted by atomic mass is 32.2. The molecule has 1 aromatic heterocycles. The topological polar surface area (TPSA) is 98.0 Å². The molecule has 4 rings (SSSR count). The van der Waals surface area contributed by atoms with E-state index in [1.807, 2.05) is 32.0 Å². The number of hydrogen-bond acceptors (Lipinski definition) is 6. The minimum atomic E-state index is -2.92. The van der Waals surface area contributed by atoms with Crippen LogP contribution >= 0.6 is 0 Å². The van der Waals surface area contributed by atoms with Gasteiger partial charge in [-0.2, -0.15) is 0 Å². The molecule has 2 aromatic carbocycles. The number of anilines is 2. The molecule has 3 N–H and O–H groups in total. The molecule has 0 aliphatic carbocycles. The van der Waals surface area contributed by atoms with Crippen LogP contribution in [0.4, 0.5) is 15.9 Å². The van der Waals surface area contributed by atoms with Crippen molar-refractivity contribution in [1.29, 1.82) is 0 Å². The summed E-state index contributed by atoms with van der Waals surface area (Å²) in [6, 6.07) is 8.90. The van der Waals surface area contributed by atoms with Crippen LogP contribution in [0.3, 0.4) is 0 Å². The van der Waals surface area contributed by atoms with Crippen molar-refractivity contribution in [2.24, 2.45) is 0 Å². The van der Waals surface area contributed by atoms with E-state index in [2.05, 4.69) is 15.3 Å². The van der Waals surface area contributed by atoms with Crippen LogP contribution in [0.1, 0.15) is 54.2 Å². The molecule has 0 saturated carbocycles. The molecule has 8 heteroatoms. The van der Waals surface area contributed by atoms with E-state index in [1.54, 1.807) is 19.1 Å². The predicted octanol–water partition coefficient (Wildman–Crippen LogP) is 4.43. The second-order valence-corrected chi connectivity index (χ2v) is 10.7. The number of nitrogens with two attached hydrogens (primary N) is 1. The first-order valence-corrected chi connectivity index (χ1v) is 12.3. The van der Waals surface area contributed by atoms with Crippen LogP contribution in [0, 0.1) is 19.7 Å². The minimum Gasteiger partial charge on any atom is -0.399 e. The Morgan fingerprint density at radius 2 is 1.84 bits per heavy atom. The largest absolute Gasteiger partial charge is 0.399 e. The Morgan fingerprint density at radius 1 is 1.13 bits per heavy atom. The molecule has 1 fully saturated rings. The molecule has 0 amide bonds. The van der Waals surface area contributed by atoms with Gasteiger partial charge < -0.3 is 11.1 Å². The van der Waals surface area contributed by atoms with Gasteiger partial charge in [-0.3, -0.25) is 0 Å². The minimum absolute atomic E-state index is 0.188. The van der Waals surface area contributed by atoms with Crippen molar-refractivity contribution in [3.63, 3.8) is 0 Å². The van der Waals surface area contributed by atoms with Crippen molar-refractivity contribution in [1.82, 2.24) is 9.97 Å². The lowest BCUT2D eigenvalue weighted by molar-refractivity contribution is 0.550. The van der Waals surface area contributed by atoms with Crippen LogP contribution in [0.25, 0.3) is 10.9 Å². The molecule has 0 radical (unpaired) electrons. The summed E-state index contributed by atoms with van der Waals surface area (Å²) in [6.45, 7) is 5.39. The van der Waals surface area contributed by atoms with E-state index in [0.29, 0.717) is 41.3 Å². The number of nitrogens with zero attached hydrogens (tertiary/aromatic N) is 2. The third-order valence-electron chi connectivity index (χ3n) is 5.98. The highest BCUT2D eigenvalue weighted by Gasteiger charge is 2.25. The summed E-state index contributed by atoms with van der Waals surface area (Å²) in [5.41, 5.74) is 9.30. The van der Waals surface area contributed by atoms with E-state index in [0.717, 1.165) is 16.5 Å². The van der Waals surface area contributed by atoms with Gasteiger partial charge in [-0.1, -0.05) is 6.07 Å². The SMILES string of the molecule is Cc1nc(N[C@H](C)c2cc(N)cc(C)c2F)c2cc(C3CCS(=O)(=O)CC3)ccc2n1. The number of benzene rings is 2. The van der Waals surface area contributed by atoms with Gasteiger partial charge in [0.25, 0.3) is 0 Å². The van der Waals surface area contributed by atoms with Crippen molar-refractivity contribution < 1.29 is 12.8 Å². The molecule has 0 unspecified atom stereocenters. The van der Waals surface area contributed by atoms with Crippen LogP contribution < -0.4 is 11.1 Å². The standard InChI is InChI=1S/C23H27FN4O2S/c1-13-10-18(25)12-19(22(13)24)14(2)26-23-20-11-17(4-5-21(20)27-15(3)28-23)16-6-8-31(29,30)9-7-16/h4-5,10-12,14,16H,6-9,25H2,1-3H3,(H,26,27,28)/t14-/m1/s1. The van der Waals surface area contributed by atoms with Gasteiger partial charge in [-0.05, 0) is 74.9 Å². The molecular formula is C23H27FN4O2S. The first-order chi connectivity index (χ1) is 14.6. The number of aryl methyl sites for hydroxylation is 2. The second-order valence-electron chi connectivity index (χ2n) is 8.43. The maximum atomic E-state index is 14.7. The number of hydrogen-bond donors (Lipinski definition) is 2. The summed E-state index contributed by atoms with van der Waals surface area (Å²) in [5, 5.41) is 4.18. The van der Waals surface area contributed by atoms with Crippen LogP contribution in [0.2, 0.25) is 0 Å². The molecule has 0 bridgehead atoms. The van der Waals surface area contributed by atoms with Crippen LogP contribution in [-0.2, 0) is 9.84 Å².